The maximum Gasteiger partial charge on any atom is 0.240 e. The first-order valence-corrected chi connectivity index (χ1v) is 11.0. The van der Waals surface area contributed by atoms with Gasteiger partial charge in [0.1, 0.15) is 0 Å². The maximum absolute atomic E-state index is 12.5. The van der Waals surface area contributed by atoms with E-state index in [1.165, 1.54) is 50.0 Å². The molecule has 0 heterocycles. The van der Waals surface area contributed by atoms with Crippen LogP contribution in [0, 0.1) is 0 Å². The number of amides is 1. The standard InChI is InChI=1S/C21H26N2O5S/c1-27-19-11-10-16(14-20(19)28-2)29(25,26)22-13-12-21(24)23-18-9-5-7-15-6-3-4-8-17(15)18/h5,7,9-11,14,22H,3-4,6,8,12-13H2,1-2H3,(H,23,24). The number of nitrogens with one attached hydrogen (secondary N) is 2. The molecule has 8 heteroatoms. The first-order chi connectivity index (χ1) is 13.9. The topological polar surface area (TPSA) is 93.7 Å². The fourth-order valence-corrected chi connectivity index (χ4v) is 4.52. The molecule has 0 saturated carbocycles. The van der Waals surface area contributed by atoms with Gasteiger partial charge in [0.15, 0.2) is 11.5 Å². The van der Waals surface area contributed by atoms with Crippen molar-refractivity contribution in [3.05, 3.63) is 47.5 Å². The summed E-state index contributed by atoms with van der Waals surface area (Å²) in [5.74, 6) is 0.540. The fraction of sp³-hybridized carbons (Fsp3) is 0.381. The third-order valence-electron chi connectivity index (χ3n) is 4.98. The van der Waals surface area contributed by atoms with Gasteiger partial charge in [-0.25, -0.2) is 13.1 Å². The maximum atomic E-state index is 12.5. The van der Waals surface area contributed by atoms with E-state index in [-0.39, 0.29) is 23.8 Å². The van der Waals surface area contributed by atoms with Gasteiger partial charge in [0, 0.05) is 24.7 Å². The summed E-state index contributed by atoms with van der Waals surface area (Å²) < 4.78 is 37.7. The van der Waals surface area contributed by atoms with Crippen molar-refractivity contribution in [2.45, 2.75) is 37.0 Å². The molecule has 1 amide bonds. The number of sulfonamides is 1. The van der Waals surface area contributed by atoms with E-state index in [0.29, 0.717) is 11.5 Å². The summed E-state index contributed by atoms with van der Waals surface area (Å²) in [6.07, 6.45) is 4.31. The Morgan fingerprint density at radius 3 is 2.55 bits per heavy atom. The summed E-state index contributed by atoms with van der Waals surface area (Å²) >= 11 is 0. The quantitative estimate of drug-likeness (QED) is 0.688. The summed E-state index contributed by atoms with van der Waals surface area (Å²) in [5, 5.41) is 2.92. The summed E-state index contributed by atoms with van der Waals surface area (Å²) in [4.78, 5) is 12.4. The number of aryl methyl sites for hydroxylation is 1. The molecule has 2 aromatic carbocycles. The van der Waals surface area contributed by atoms with Crippen molar-refractivity contribution < 1.29 is 22.7 Å². The molecular formula is C21H26N2O5S. The number of carbonyl (C=O) groups is 1. The first-order valence-electron chi connectivity index (χ1n) is 9.57. The normalized spacial score (nSPS) is 13.4. The van der Waals surface area contributed by atoms with Gasteiger partial charge in [-0.15, -0.1) is 0 Å². The van der Waals surface area contributed by atoms with Crippen molar-refractivity contribution in [3.63, 3.8) is 0 Å². The highest BCUT2D eigenvalue weighted by molar-refractivity contribution is 7.89. The highest BCUT2D eigenvalue weighted by Gasteiger charge is 2.18. The van der Waals surface area contributed by atoms with E-state index in [4.69, 9.17) is 9.47 Å². The fourth-order valence-electron chi connectivity index (χ4n) is 3.48. The minimum atomic E-state index is -3.77. The SMILES string of the molecule is COc1ccc(S(=O)(=O)NCCC(=O)Nc2cccc3c2CCCC3)cc1OC. The molecule has 1 aliphatic carbocycles. The number of hydrogen-bond acceptors (Lipinski definition) is 5. The minimum Gasteiger partial charge on any atom is -0.493 e. The molecule has 156 valence electrons. The number of carbonyl (C=O) groups excluding carboxylic acids is 1. The third kappa shape index (κ3) is 5.07. The molecule has 0 unspecified atom stereocenters. The Morgan fingerprint density at radius 1 is 1.03 bits per heavy atom. The monoisotopic (exact) mass is 418 g/mol. The van der Waals surface area contributed by atoms with Crippen molar-refractivity contribution >= 4 is 21.6 Å². The Morgan fingerprint density at radius 2 is 1.79 bits per heavy atom. The number of fused-ring (bicyclic) bond motifs is 1. The van der Waals surface area contributed by atoms with E-state index in [1.54, 1.807) is 0 Å². The number of methoxy groups -OCH3 is 2. The second-order valence-electron chi connectivity index (χ2n) is 6.86. The van der Waals surface area contributed by atoms with Gasteiger partial charge in [-0.2, -0.15) is 0 Å². The van der Waals surface area contributed by atoms with E-state index in [0.717, 1.165) is 24.9 Å². The predicted octanol–water partition coefficient (Wildman–Crippen LogP) is 2.89. The van der Waals surface area contributed by atoms with E-state index in [2.05, 4.69) is 16.1 Å². The first kappa shape index (κ1) is 21.1. The molecule has 0 spiro atoms. The van der Waals surface area contributed by atoms with Crippen LogP contribution in [0.1, 0.15) is 30.4 Å². The second kappa shape index (κ2) is 9.28. The Balaban J connectivity index is 1.59. The van der Waals surface area contributed by atoms with Crippen LogP contribution in [-0.2, 0) is 27.7 Å². The van der Waals surface area contributed by atoms with E-state index in [1.807, 2.05) is 12.1 Å². The van der Waals surface area contributed by atoms with Crippen LogP contribution < -0.4 is 19.5 Å². The predicted molar refractivity (Wildman–Crippen MR) is 111 cm³/mol. The smallest absolute Gasteiger partial charge is 0.240 e. The largest absolute Gasteiger partial charge is 0.493 e. The highest BCUT2D eigenvalue weighted by atomic mass is 32.2. The lowest BCUT2D eigenvalue weighted by atomic mass is 9.90. The van der Waals surface area contributed by atoms with Crippen LogP contribution in [0.15, 0.2) is 41.3 Å². The Kier molecular flexibility index (Phi) is 6.76. The molecule has 0 bridgehead atoms. The van der Waals surface area contributed by atoms with E-state index in [9.17, 15) is 13.2 Å². The van der Waals surface area contributed by atoms with Gasteiger partial charge in [-0.1, -0.05) is 12.1 Å². The van der Waals surface area contributed by atoms with Crippen molar-refractivity contribution in [3.8, 4) is 11.5 Å². The zero-order valence-electron chi connectivity index (χ0n) is 16.7. The van der Waals surface area contributed by atoms with E-state index < -0.39 is 10.0 Å². The van der Waals surface area contributed by atoms with Gasteiger partial charge in [0.25, 0.3) is 0 Å². The molecule has 0 aliphatic heterocycles. The Bertz CT molecular complexity index is 989. The molecule has 3 rings (SSSR count). The molecular weight excluding hydrogens is 392 g/mol. The minimum absolute atomic E-state index is 0.00245. The zero-order valence-corrected chi connectivity index (χ0v) is 17.5. The van der Waals surface area contributed by atoms with Crippen LogP contribution in [0.25, 0.3) is 0 Å². The lowest BCUT2D eigenvalue weighted by Gasteiger charge is -2.19. The van der Waals surface area contributed by atoms with Gasteiger partial charge in [0.05, 0.1) is 19.1 Å². The average Bonchev–Trinajstić information content (AvgIpc) is 2.73. The van der Waals surface area contributed by atoms with Gasteiger partial charge in [0.2, 0.25) is 15.9 Å². The number of benzene rings is 2. The number of ether oxygens (including phenoxy) is 2. The van der Waals surface area contributed by atoms with Crippen molar-refractivity contribution in [2.24, 2.45) is 0 Å². The average molecular weight is 419 g/mol. The van der Waals surface area contributed by atoms with Crippen LogP contribution in [0.5, 0.6) is 11.5 Å². The van der Waals surface area contributed by atoms with Gasteiger partial charge in [-0.3, -0.25) is 4.79 Å². The van der Waals surface area contributed by atoms with E-state index >= 15 is 0 Å². The van der Waals surface area contributed by atoms with Gasteiger partial charge < -0.3 is 14.8 Å². The summed E-state index contributed by atoms with van der Waals surface area (Å²) in [6.45, 7) is -0.00245. The van der Waals surface area contributed by atoms with Crippen molar-refractivity contribution in [2.75, 3.05) is 26.1 Å². The lowest BCUT2D eigenvalue weighted by molar-refractivity contribution is -0.116. The van der Waals surface area contributed by atoms with Crippen LogP contribution in [0.4, 0.5) is 5.69 Å². The number of hydrogen-bond donors (Lipinski definition) is 2. The summed E-state index contributed by atoms with van der Waals surface area (Å²) in [5.41, 5.74) is 3.30. The molecule has 0 saturated heterocycles. The van der Waals surface area contributed by atoms with Crippen LogP contribution >= 0.6 is 0 Å². The van der Waals surface area contributed by atoms with Crippen LogP contribution in [0.2, 0.25) is 0 Å². The lowest BCUT2D eigenvalue weighted by Crippen LogP contribution is -2.28. The third-order valence-corrected chi connectivity index (χ3v) is 6.44. The molecule has 2 aromatic rings. The van der Waals surface area contributed by atoms with Gasteiger partial charge >= 0.3 is 0 Å². The summed E-state index contributed by atoms with van der Waals surface area (Å²) in [6, 6.07) is 10.3. The van der Waals surface area contributed by atoms with Gasteiger partial charge in [-0.05, 0) is 55.0 Å². The number of anilines is 1. The van der Waals surface area contributed by atoms with Crippen LogP contribution in [-0.4, -0.2) is 35.1 Å². The van der Waals surface area contributed by atoms with Crippen molar-refractivity contribution in [1.29, 1.82) is 0 Å². The second-order valence-corrected chi connectivity index (χ2v) is 8.63. The highest BCUT2D eigenvalue weighted by Crippen LogP contribution is 2.29. The molecule has 0 fully saturated rings. The van der Waals surface area contributed by atoms with Crippen molar-refractivity contribution in [1.82, 2.24) is 4.72 Å². The Hall–Kier alpha value is -2.58. The summed E-state index contributed by atoms with van der Waals surface area (Å²) in [7, 11) is -0.849. The zero-order chi connectivity index (χ0) is 20.9. The Labute approximate surface area is 171 Å². The molecule has 29 heavy (non-hydrogen) atoms. The van der Waals surface area contributed by atoms with Crippen LogP contribution in [0.3, 0.4) is 0 Å². The molecule has 0 aromatic heterocycles. The molecule has 7 nitrogen and oxygen atoms in total. The molecule has 0 radical (unpaired) electrons. The molecule has 0 atom stereocenters. The number of rotatable bonds is 8. The molecule has 2 N–H and O–H groups in total. The molecule has 1 aliphatic rings.